The highest BCUT2D eigenvalue weighted by Crippen LogP contribution is 2.44. The average molecular weight is 880 g/mol. The van der Waals surface area contributed by atoms with Gasteiger partial charge in [-0.15, -0.1) is 0 Å². The third-order valence-electron chi connectivity index (χ3n) is 13.8. The molecule has 0 atom stereocenters. The highest BCUT2D eigenvalue weighted by atomic mass is 15.2. The summed E-state index contributed by atoms with van der Waals surface area (Å²) in [4.78, 5) is 10.7. The Balaban J connectivity index is 1.02. The normalized spacial score (nSPS) is 11.8. The van der Waals surface area contributed by atoms with Crippen molar-refractivity contribution < 1.29 is 0 Å². The quantitative estimate of drug-likeness (QED) is 0.160. The third kappa shape index (κ3) is 6.25. The van der Waals surface area contributed by atoms with Crippen molar-refractivity contribution >= 4 is 65.4 Å². The fourth-order valence-electron chi connectivity index (χ4n) is 10.8. The van der Waals surface area contributed by atoms with Crippen molar-refractivity contribution in [3.8, 4) is 62.1 Å². The van der Waals surface area contributed by atoms with Crippen molar-refractivity contribution in [2.45, 2.75) is 0 Å². The molecule has 0 aliphatic rings. The van der Waals surface area contributed by atoms with Crippen molar-refractivity contribution in [3.63, 3.8) is 0 Å². The van der Waals surface area contributed by atoms with E-state index in [-0.39, 0.29) is 0 Å². The summed E-state index contributed by atoms with van der Waals surface area (Å²) in [6, 6.07) is 89.2. The molecule has 4 aromatic heterocycles. The van der Waals surface area contributed by atoms with Gasteiger partial charge in [0.2, 0.25) is 5.95 Å². The van der Waals surface area contributed by atoms with E-state index in [2.05, 4.69) is 250 Å². The Morgan fingerprint density at radius 2 is 0.638 bits per heavy atom. The smallest absolute Gasteiger partial charge is 0.235 e. The van der Waals surface area contributed by atoms with Crippen molar-refractivity contribution in [1.29, 1.82) is 0 Å². The lowest BCUT2D eigenvalue weighted by molar-refractivity contribution is 0.994. The lowest BCUT2D eigenvalue weighted by atomic mass is 9.98. The molecular formula is C64H41N5. The Hall–Kier alpha value is -9.32. The van der Waals surface area contributed by atoms with Gasteiger partial charge in [-0.2, -0.15) is 0 Å². The number of nitrogens with zero attached hydrogens (tertiary/aromatic N) is 5. The fraction of sp³-hybridized carbons (Fsp3) is 0. The summed E-state index contributed by atoms with van der Waals surface area (Å²) in [5.41, 5.74) is 17.4. The maximum absolute atomic E-state index is 5.34. The van der Waals surface area contributed by atoms with Crippen molar-refractivity contribution in [2.24, 2.45) is 0 Å². The molecule has 69 heavy (non-hydrogen) atoms. The molecule has 5 heteroatoms. The second-order valence-corrected chi connectivity index (χ2v) is 17.8. The van der Waals surface area contributed by atoms with Gasteiger partial charge in [-0.25, -0.2) is 9.97 Å². The number of hydrogen-bond acceptors (Lipinski definition) is 2. The predicted molar refractivity (Wildman–Crippen MR) is 287 cm³/mol. The summed E-state index contributed by atoms with van der Waals surface area (Å²) in [5, 5.41) is 7.18. The van der Waals surface area contributed by atoms with E-state index in [0.29, 0.717) is 5.95 Å². The number of rotatable bonds is 7. The third-order valence-corrected chi connectivity index (χ3v) is 13.8. The van der Waals surface area contributed by atoms with Crippen LogP contribution in [0.5, 0.6) is 0 Å². The summed E-state index contributed by atoms with van der Waals surface area (Å²) in [7, 11) is 0. The van der Waals surface area contributed by atoms with Crippen molar-refractivity contribution in [1.82, 2.24) is 23.7 Å². The van der Waals surface area contributed by atoms with Crippen LogP contribution < -0.4 is 0 Å². The summed E-state index contributed by atoms with van der Waals surface area (Å²) in [6.45, 7) is 0. The molecule has 0 unspecified atom stereocenters. The van der Waals surface area contributed by atoms with Gasteiger partial charge < -0.3 is 9.13 Å². The van der Waals surface area contributed by atoms with Crippen LogP contribution in [0.2, 0.25) is 0 Å². The second-order valence-electron chi connectivity index (χ2n) is 17.8. The minimum absolute atomic E-state index is 0.627. The van der Waals surface area contributed by atoms with Gasteiger partial charge in [-0.05, 0) is 89.0 Å². The van der Waals surface area contributed by atoms with Crippen LogP contribution in [0.15, 0.2) is 249 Å². The Morgan fingerprint density at radius 1 is 0.232 bits per heavy atom. The topological polar surface area (TPSA) is 40.6 Å². The zero-order chi connectivity index (χ0) is 45.4. The van der Waals surface area contributed by atoms with Crippen LogP contribution in [0.3, 0.4) is 0 Å². The van der Waals surface area contributed by atoms with E-state index in [0.717, 1.165) is 72.2 Å². The van der Waals surface area contributed by atoms with E-state index in [1.54, 1.807) is 0 Å². The zero-order valence-electron chi connectivity index (χ0n) is 37.4. The maximum Gasteiger partial charge on any atom is 0.235 e. The fourth-order valence-corrected chi connectivity index (χ4v) is 10.8. The maximum atomic E-state index is 5.34. The van der Waals surface area contributed by atoms with Gasteiger partial charge in [0, 0.05) is 54.8 Å². The zero-order valence-corrected chi connectivity index (χ0v) is 37.4. The first-order chi connectivity index (χ1) is 34.2. The minimum atomic E-state index is 0.627. The molecule has 322 valence electrons. The standard InChI is InChI=1S/C64H41N5/c1-5-19-42(20-6-1)46-37-47(43-21-7-2-8-22-43)39-49(38-46)68-58-32-18-15-29-53(58)63-60(68)36-35-59-62(63)52-28-14-17-31-57(52)67(59)48-33-34-51-50-27-13-16-30-56(50)69(61(51)40-48)64-65-54(44-23-9-3-10-24-44)41-55(66-64)45-25-11-4-12-26-45/h1-41H. The highest BCUT2D eigenvalue weighted by Gasteiger charge is 2.23. The highest BCUT2D eigenvalue weighted by molar-refractivity contribution is 6.29. The minimum Gasteiger partial charge on any atom is -0.309 e. The summed E-state index contributed by atoms with van der Waals surface area (Å²) >= 11 is 0. The van der Waals surface area contributed by atoms with Gasteiger partial charge in [0.1, 0.15) is 0 Å². The van der Waals surface area contributed by atoms with Crippen LogP contribution in [0, 0.1) is 0 Å². The summed E-state index contributed by atoms with van der Waals surface area (Å²) in [5.74, 6) is 0.627. The Kier molecular flexibility index (Phi) is 8.83. The largest absolute Gasteiger partial charge is 0.309 e. The molecule has 14 rings (SSSR count). The summed E-state index contributed by atoms with van der Waals surface area (Å²) < 4.78 is 7.16. The van der Waals surface area contributed by atoms with E-state index < -0.39 is 0 Å². The summed E-state index contributed by atoms with van der Waals surface area (Å²) in [6.07, 6.45) is 0. The number of hydrogen-bond donors (Lipinski definition) is 0. The van der Waals surface area contributed by atoms with Gasteiger partial charge in [0.15, 0.2) is 0 Å². The molecule has 0 saturated carbocycles. The van der Waals surface area contributed by atoms with Gasteiger partial charge in [0.05, 0.1) is 44.5 Å². The molecule has 14 aromatic rings. The Bertz CT molecular complexity index is 4160. The molecule has 0 N–H and O–H groups in total. The van der Waals surface area contributed by atoms with Crippen LogP contribution in [0.4, 0.5) is 0 Å². The van der Waals surface area contributed by atoms with Crippen molar-refractivity contribution in [3.05, 3.63) is 249 Å². The molecule has 0 amide bonds. The van der Waals surface area contributed by atoms with E-state index in [1.165, 1.54) is 49.3 Å². The van der Waals surface area contributed by atoms with Gasteiger partial charge >= 0.3 is 0 Å². The molecule has 0 saturated heterocycles. The first kappa shape index (κ1) is 38.9. The molecule has 0 spiro atoms. The van der Waals surface area contributed by atoms with Crippen LogP contribution in [-0.4, -0.2) is 23.7 Å². The number of fused-ring (bicyclic) bond motifs is 10. The monoisotopic (exact) mass is 879 g/mol. The van der Waals surface area contributed by atoms with Gasteiger partial charge in [-0.1, -0.05) is 182 Å². The molecule has 0 radical (unpaired) electrons. The van der Waals surface area contributed by atoms with E-state index in [9.17, 15) is 0 Å². The molecular weight excluding hydrogens is 839 g/mol. The lowest BCUT2D eigenvalue weighted by Gasteiger charge is -2.14. The molecule has 4 heterocycles. The second kappa shape index (κ2) is 15.7. The van der Waals surface area contributed by atoms with Gasteiger partial charge in [0.25, 0.3) is 0 Å². The van der Waals surface area contributed by atoms with E-state index in [4.69, 9.17) is 9.97 Å². The SMILES string of the molecule is c1ccc(-c2cc(-c3ccccc3)cc(-n3c4ccccc4c4c5c6ccccc6n(-c6ccc7c8ccccc8n(-c8nc(-c9ccccc9)cc(-c9ccccc9)n8)c7c6)c5ccc43)c2)cc1. The van der Waals surface area contributed by atoms with Crippen molar-refractivity contribution in [2.75, 3.05) is 0 Å². The number of para-hydroxylation sites is 3. The predicted octanol–water partition coefficient (Wildman–Crippen LogP) is 16.4. The Morgan fingerprint density at radius 3 is 1.14 bits per heavy atom. The van der Waals surface area contributed by atoms with Crippen LogP contribution in [-0.2, 0) is 0 Å². The molecule has 0 fully saturated rings. The first-order valence-corrected chi connectivity index (χ1v) is 23.5. The van der Waals surface area contributed by atoms with E-state index in [1.807, 2.05) is 12.1 Å². The first-order valence-electron chi connectivity index (χ1n) is 23.5. The van der Waals surface area contributed by atoms with Crippen LogP contribution >= 0.6 is 0 Å². The molecule has 0 aliphatic carbocycles. The van der Waals surface area contributed by atoms with E-state index >= 15 is 0 Å². The lowest BCUT2D eigenvalue weighted by Crippen LogP contribution is -2.04. The van der Waals surface area contributed by atoms with Crippen LogP contribution in [0.1, 0.15) is 0 Å². The molecule has 5 nitrogen and oxygen atoms in total. The molecule has 10 aromatic carbocycles. The van der Waals surface area contributed by atoms with Gasteiger partial charge in [-0.3, -0.25) is 4.57 Å². The molecule has 0 aliphatic heterocycles. The average Bonchev–Trinajstić information content (AvgIpc) is 4.07. The Labute approximate surface area is 398 Å². The molecule has 0 bridgehead atoms. The number of benzene rings is 10. The number of aromatic nitrogens is 5. The van der Waals surface area contributed by atoms with Crippen LogP contribution in [0.25, 0.3) is 128 Å².